The normalized spacial score (nSPS) is 11.8. The first-order valence-corrected chi connectivity index (χ1v) is 13.2. The quantitative estimate of drug-likeness (QED) is 0.286. The Bertz CT molecular complexity index is 1710. The van der Waals surface area contributed by atoms with Gasteiger partial charge in [-0.1, -0.05) is 23.7 Å². The third kappa shape index (κ3) is 4.70. The van der Waals surface area contributed by atoms with Gasteiger partial charge in [-0.25, -0.2) is 32.5 Å². The number of anilines is 1. The first-order valence-electron chi connectivity index (χ1n) is 10.5. The number of nitrogens with two attached hydrogens (primary N) is 1. The van der Waals surface area contributed by atoms with Gasteiger partial charge in [-0.05, 0) is 70.0 Å². The second kappa shape index (κ2) is 9.58. The van der Waals surface area contributed by atoms with Crippen molar-refractivity contribution in [3.63, 3.8) is 0 Å². The van der Waals surface area contributed by atoms with Crippen LogP contribution in [0.5, 0.6) is 0 Å². The van der Waals surface area contributed by atoms with Gasteiger partial charge in [0.15, 0.2) is 11.5 Å². The number of nitrogen functional groups attached to an aromatic ring is 1. The van der Waals surface area contributed by atoms with E-state index in [4.69, 9.17) is 22.3 Å². The van der Waals surface area contributed by atoms with Crippen molar-refractivity contribution < 1.29 is 12.8 Å². The molecule has 0 atom stereocenters. The van der Waals surface area contributed by atoms with Gasteiger partial charge in [0.2, 0.25) is 10.0 Å². The Kier molecular flexibility index (Phi) is 6.47. The number of sulfonamides is 1. The summed E-state index contributed by atoms with van der Waals surface area (Å²) in [6.45, 7) is 0.0237. The lowest BCUT2D eigenvalue weighted by atomic mass is 10.2. The van der Waals surface area contributed by atoms with Crippen molar-refractivity contribution in [3.05, 3.63) is 93.9 Å². The summed E-state index contributed by atoms with van der Waals surface area (Å²) in [5.74, 6) is 0.218. The van der Waals surface area contributed by atoms with Gasteiger partial charge in [0.25, 0.3) is 0 Å². The molecule has 0 unspecified atom stereocenters. The predicted octanol–water partition coefficient (Wildman–Crippen LogP) is 5.10. The summed E-state index contributed by atoms with van der Waals surface area (Å²) < 4.78 is 43.7. The molecule has 182 valence electrons. The van der Waals surface area contributed by atoms with Gasteiger partial charge < -0.3 is 5.73 Å². The van der Waals surface area contributed by atoms with Crippen LogP contribution in [0.25, 0.3) is 28.2 Å². The van der Waals surface area contributed by atoms with Crippen LogP contribution in [0.4, 0.5) is 10.2 Å². The van der Waals surface area contributed by atoms with E-state index in [1.165, 1.54) is 0 Å². The summed E-state index contributed by atoms with van der Waals surface area (Å²) in [7, 11) is -3.88. The van der Waals surface area contributed by atoms with Gasteiger partial charge in [-0.3, -0.25) is 4.57 Å². The van der Waals surface area contributed by atoms with Gasteiger partial charge in [-0.2, -0.15) is 0 Å². The fourth-order valence-corrected chi connectivity index (χ4v) is 5.25. The number of aromatic nitrogens is 4. The summed E-state index contributed by atoms with van der Waals surface area (Å²) in [4.78, 5) is 13.3. The minimum absolute atomic E-state index is 0.0237. The average molecular weight is 588 g/mol. The molecule has 36 heavy (non-hydrogen) atoms. The van der Waals surface area contributed by atoms with Gasteiger partial charge in [0, 0.05) is 29.1 Å². The maximum atomic E-state index is 13.4. The zero-order valence-corrected chi connectivity index (χ0v) is 21.5. The van der Waals surface area contributed by atoms with E-state index in [1.807, 2.05) is 28.8 Å². The van der Waals surface area contributed by atoms with Crippen LogP contribution in [0.1, 0.15) is 5.56 Å². The Hall–Kier alpha value is -3.38. The number of hydrogen-bond acceptors (Lipinski definition) is 6. The molecule has 5 aromatic rings. The topological polar surface area (TPSA) is 116 Å². The number of fused-ring (bicyclic) bond motifs is 1. The molecule has 3 aromatic heterocycles. The van der Waals surface area contributed by atoms with Crippen LogP contribution in [0.15, 0.2) is 82.4 Å². The van der Waals surface area contributed by atoms with Crippen molar-refractivity contribution in [1.82, 2.24) is 24.2 Å². The Morgan fingerprint density at radius 3 is 2.58 bits per heavy atom. The summed E-state index contributed by atoms with van der Waals surface area (Å²) >= 11 is 9.16. The van der Waals surface area contributed by atoms with Crippen molar-refractivity contribution in [1.29, 1.82) is 0 Å². The van der Waals surface area contributed by atoms with E-state index in [2.05, 4.69) is 30.6 Å². The summed E-state index contributed by atoms with van der Waals surface area (Å²) in [6, 6.07) is 16.0. The molecule has 0 saturated carbocycles. The van der Waals surface area contributed by atoms with Crippen LogP contribution in [0.2, 0.25) is 5.02 Å². The van der Waals surface area contributed by atoms with Crippen molar-refractivity contribution in [2.45, 2.75) is 11.4 Å². The number of rotatable bonds is 6. The van der Waals surface area contributed by atoms with E-state index in [9.17, 15) is 12.8 Å². The smallest absolute Gasteiger partial charge is 0.240 e. The number of nitrogens with one attached hydrogen (secondary N) is 1. The van der Waals surface area contributed by atoms with E-state index in [0.29, 0.717) is 33.9 Å². The van der Waals surface area contributed by atoms with Crippen LogP contribution < -0.4 is 10.5 Å². The molecule has 2 aromatic carbocycles. The van der Waals surface area contributed by atoms with E-state index >= 15 is 0 Å². The molecule has 0 spiro atoms. The third-order valence-corrected chi connectivity index (χ3v) is 7.53. The number of pyridine rings is 2. The Morgan fingerprint density at radius 2 is 1.86 bits per heavy atom. The first-order chi connectivity index (χ1) is 17.2. The monoisotopic (exact) mass is 586 g/mol. The Labute approximate surface area is 219 Å². The summed E-state index contributed by atoms with van der Waals surface area (Å²) in [5.41, 5.74) is 9.53. The molecular weight excluding hydrogens is 571 g/mol. The van der Waals surface area contributed by atoms with Crippen LogP contribution in [0, 0.1) is 5.82 Å². The average Bonchev–Trinajstić information content (AvgIpc) is 3.23. The van der Waals surface area contributed by atoms with E-state index < -0.39 is 15.8 Å². The second-order valence-corrected chi connectivity index (χ2v) is 10.9. The minimum atomic E-state index is -3.88. The van der Waals surface area contributed by atoms with Gasteiger partial charge >= 0.3 is 0 Å². The van der Waals surface area contributed by atoms with Crippen molar-refractivity contribution in [2.24, 2.45) is 0 Å². The SMILES string of the molecule is Nc1ncccc1-c1nc2cc(Br)cnc2n1-c1ccc(CNS(=O)(=O)c2ccc(F)c(Cl)c2)cc1. The standard InChI is InChI=1S/C24H17BrClFN6O2S/c25-15-10-21-24(30-13-15)33(23(32-21)18-2-1-9-29-22(18)28)16-5-3-14(4-6-16)12-31-36(34,35)17-7-8-20(27)19(26)11-17/h1-11,13,31H,12H2,(H2,28,29). The zero-order valence-electron chi connectivity index (χ0n) is 18.4. The number of hydrogen-bond donors (Lipinski definition) is 2. The lowest BCUT2D eigenvalue weighted by molar-refractivity contribution is 0.580. The molecule has 0 amide bonds. The second-order valence-electron chi connectivity index (χ2n) is 7.77. The lowest BCUT2D eigenvalue weighted by Crippen LogP contribution is -2.23. The first kappa shape index (κ1) is 24.3. The number of benzene rings is 2. The van der Waals surface area contributed by atoms with Crippen LogP contribution in [-0.2, 0) is 16.6 Å². The van der Waals surface area contributed by atoms with Crippen LogP contribution in [-0.4, -0.2) is 27.9 Å². The van der Waals surface area contributed by atoms with Crippen LogP contribution >= 0.6 is 27.5 Å². The fraction of sp³-hybridized carbons (Fsp3) is 0.0417. The highest BCUT2D eigenvalue weighted by molar-refractivity contribution is 9.10. The zero-order chi connectivity index (χ0) is 25.4. The molecule has 0 aliphatic heterocycles. The molecule has 0 radical (unpaired) electrons. The molecule has 3 N–H and O–H groups in total. The minimum Gasteiger partial charge on any atom is -0.383 e. The van der Waals surface area contributed by atoms with E-state index in [0.717, 1.165) is 28.4 Å². The molecule has 0 saturated heterocycles. The van der Waals surface area contributed by atoms with Gasteiger partial charge in [-0.15, -0.1) is 0 Å². The molecule has 0 aliphatic rings. The maximum Gasteiger partial charge on any atom is 0.240 e. The lowest BCUT2D eigenvalue weighted by Gasteiger charge is -2.12. The number of halogens is 3. The molecule has 0 fully saturated rings. The molecule has 0 bridgehead atoms. The predicted molar refractivity (Wildman–Crippen MR) is 140 cm³/mol. The molecule has 12 heteroatoms. The Morgan fingerprint density at radius 1 is 1.08 bits per heavy atom. The van der Waals surface area contributed by atoms with Crippen molar-refractivity contribution in [3.8, 4) is 17.1 Å². The number of nitrogens with zero attached hydrogens (tertiary/aromatic N) is 4. The third-order valence-electron chi connectivity index (χ3n) is 5.41. The summed E-state index contributed by atoms with van der Waals surface area (Å²) in [5, 5.41) is -0.263. The molecule has 5 rings (SSSR count). The summed E-state index contributed by atoms with van der Waals surface area (Å²) in [6.07, 6.45) is 3.29. The van der Waals surface area contributed by atoms with Gasteiger partial charge in [0.1, 0.15) is 17.2 Å². The molecule has 8 nitrogen and oxygen atoms in total. The molecule has 0 aliphatic carbocycles. The van der Waals surface area contributed by atoms with Crippen molar-refractivity contribution >= 4 is 54.5 Å². The van der Waals surface area contributed by atoms with Crippen LogP contribution in [0.3, 0.4) is 0 Å². The highest BCUT2D eigenvalue weighted by Gasteiger charge is 2.19. The van der Waals surface area contributed by atoms with Crippen molar-refractivity contribution in [2.75, 3.05) is 5.73 Å². The highest BCUT2D eigenvalue weighted by Crippen LogP contribution is 2.31. The largest absolute Gasteiger partial charge is 0.383 e. The highest BCUT2D eigenvalue weighted by atomic mass is 79.9. The Balaban J connectivity index is 1.47. The fourth-order valence-electron chi connectivity index (χ4n) is 3.64. The van der Waals surface area contributed by atoms with Gasteiger partial charge in [0.05, 0.1) is 15.5 Å². The van der Waals surface area contributed by atoms with E-state index in [-0.39, 0.29) is 16.5 Å². The maximum absolute atomic E-state index is 13.4. The molecular formula is C24H17BrClFN6O2S. The molecule has 3 heterocycles. The number of imidazole rings is 1. The van der Waals surface area contributed by atoms with E-state index in [1.54, 1.807) is 30.6 Å².